The van der Waals surface area contributed by atoms with Crippen LogP contribution >= 0.6 is 0 Å². The Morgan fingerprint density at radius 2 is 0.622 bits per heavy atom. The molecule has 0 aromatic heterocycles. The lowest BCUT2D eigenvalue weighted by Gasteiger charge is -2.30. The zero-order chi connectivity index (χ0) is 29.7. The van der Waals surface area contributed by atoms with E-state index in [-0.39, 0.29) is 0 Å². The Kier molecular flexibility index (Phi) is 5.89. The Labute approximate surface area is 263 Å². The fourth-order valence-electron chi connectivity index (χ4n) is 7.20. The number of rotatable bonds is 3. The van der Waals surface area contributed by atoms with Gasteiger partial charge in [0.1, 0.15) is 0 Å². The van der Waals surface area contributed by atoms with Crippen LogP contribution in [0.1, 0.15) is 0 Å². The maximum Gasteiger partial charge on any atom is 0.0540 e. The van der Waals surface area contributed by atoms with Crippen LogP contribution in [0, 0.1) is 0 Å². The van der Waals surface area contributed by atoms with Crippen molar-refractivity contribution in [3.8, 4) is 44.5 Å². The molecule has 1 nitrogen and oxygen atoms in total. The van der Waals surface area contributed by atoms with E-state index >= 15 is 0 Å². The van der Waals surface area contributed by atoms with E-state index in [1.165, 1.54) is 66.1 Å². The monoisotopic (exact) mass is 571 g/mol. The molecule has 0 aliphatic heterocycles. The summed E-state index contributed by atoms with van der Waals surface area (Å²) in [6, 6.07) is 64.2. The van der Waals surface area contributed by atoms with E-state index in [2.05, 4.69) is 181 Å². The number of hydrogen-bond acceptors (Lipinski definition) is 1. The van der Waals surface area contributed by atoms with Crippen LogP contribution < -0.4 is 4.90 Å². The summed E-state index contributed by atoms with van der Waals surface area (Å²) in [5.41, 5.74) is 13.5. The van der Waals surface area contributed by atoms with Gasteiger partial charge in [-0.05, 0) is 79.5 Å². The highest BCUT2D eigenvalue weighted by Crippen LogP contribution is 2.50. The van der Waals surface area contributed by atoms with Gasteiger partial charge in [0.25, 0.3) is 0 Å². The Balaban J connectivity index is 1.37. The molecule has 0 heterocycles. The Bertz CT molecular complexity index is 2300. The quantitative estimate of drug-likeness (QED) is 0.204. The van der Waals surface area contributed by atoms with Crippen molar-refractivity contribution in [1.82, 2.24) is 0 Å². The van der Waals surface area contributed by atoms with Crippen molar-refractivity contribution in [2.75, 3.05) is 4.90 Å². The molecule has 0 amide bonds. The first-order valence-electron chi connectivity index (χ1n) is 15.5. The Morgan fingerprint density at radius 1 is 0.267 bits per heavy atom. The zero-order valence-electron chi connectivity index (χ0n) is 24.7. The first kappa shape index (κ1) is 25.6. The lowest BCUT2D eigenvalue weighted by atomic mass is 9.81. The smallest absolute Gasteiger partial charge is 0.0540 e. The third-order valence-corrected chi connectivity index (χ3v) is 9.22. The standard InChI is InChI=1S/C44H29N/c1-3-17-33-30(13-1)15-11-25-43(33)45(44-26-12-16-31-14-2-4-18-34(31)44)32-27-28-41-39-23-8-7-21-37(39)35-19-5-6-20-36(35)38-22-9-10-24-40(38)42(41)29-32/h1-29H. The van der Waals surface area contributed by atoms with E-state index in [1.807, 2.05) is 0 Å². The minimum absolute atomic E-state index is 1.13. The third-order valence-electron chi connectivity index (χ3n) is 9.22. The van der Waals surface area contributed by atoms with Crippen LogP contribution in [-0.4, -0.2) is 0 Å². The van der Waals surface area contributed by atoms with Crippen molar-refractivity contribution in [3.63, 3.8) is 0 Å². The fraction of sp³-hybridized carbons (Fsp3) is 0. The van der Waals surface area contributed by atoms with Gasteiger partial charge in [0, 0.05) is 16.5 Å². The molecule has 1 heteroatoms. The maximum absolute atomic E-state index is 2.45. The summed E-state index contributed by atoms with van der Waals surface area (Å²) in [7, 11) is 0. The molecule has 1 aliphatic rings. The number of benzene rings is 8. The molecule has 8 aromatic carbocycles. The third kappa shape index (κ3) is 4.09. The molecule has 0 N–H and O–H groups in total. The van der Waals surface area contributed by atoms with Crippen LogP contribution in [0.3, 0.4) is 0 Å². The molecule has 1 aliphatic carbocycles. The van der Waals surface area contributed by atoms with Crippen molar-refractivity contribution >= 4 is 38.6 Å². The van der Waals surface area contributed by atoms with E-state index in [0.717, 1.165) is 17.1 Å². The second-order valence-corrected chi connectivity index (χ2v) is 11.7. The average molecular weight is 572 g/mol. The largest absolute Gasteiger partial charge is 0.309 e. The highest BCUT2D eigenvalue weighted by atomic mass is 15.1. The Morgan fingerprint density at radius 3 is 1.09 bits per heavy atom. The summed E-state index contributed by atoms with van der Waals surface area (Å²) >= 11 is 0. The van der Waals surface area contributed by atoms with Crippen LogP contribution in [0.4, 0.5) is 17.1 Å². The number of nitrogens with zero attached hydrogens (tertiary/aromatic N) is 1. The Hall–Kier alpha value is -5.92. The van der Waals surface area contributed by atoms with Crippen LogP contribution in [0.2, 0.25) is 0 Å². The molecule has 0 atom stereocenters. The predicted molar refractivity (Wildman–Crippen MR) is 191 cm³/mol. The van der Waals surface area contributed by atoms with Crippen molar-refractivity contribution in [2.45, 2.75) is 0 Å². The fourth-order valence-corrected chi connectivity index (χ4v) is 7.20. The summed E-state index contributed by atoms with van der Waals surface area (Å²) in [6.07, 6.45) is 0. The van der Waals surface area contributed by atoms with E-state index in [0.29, 0.717) is 0 Å². The molecular weight excluding hydrogens is 542 g/mol. The molecule has 0 saturated carbocycles. The second kappa shape index (κ2) is 10.4. The van der Waals surface area contributed by atoms with E-state index < -0.39 is 0 Å². The van der Waals surface area contributed by atoms with Crippen molar-refractivity contribution in [2.24, 2.45) is 0 Å². The highest BCUT2D eigenvalue weighted by molar-refractivity contribution is 6.07. The topological polar surface area (TPSA) is 3.24 Å². The van der Waals surface area contributed by atoms with Gasteiger partial charge in [-0.3, -0.25) is 0 Å². The van der Waals surface area contributed by atoms with Gasteiger partial charge in [-0.15, -0.1) is 0 Å². The van der Waals surface area contributed by atoms with Gasteiger partial charge >= 0.3 is 0 Å². The van der Waals surface area contributed by atoms with E-state index in [1.54, 1.807) is 0 Å². The molecule has 0 unspecified atom stereocenters. The van der Waals surface area contributed by atoms with Crippen LogP contribution in [0.15, 0.2) is 176 Å². The first-order chi connectivity index (χ1) is 22.3. The minimum atomic E-state index is 1.13. The predicted octanol–water partition coefficient (Wildman–Crippen LogP) is 12.4. The number of hydrogen-bond donors (Lipinski definition) is 0. The molecule has 210 valence electrons. The minimum Gasteiger partial charge on any atom is -0.309 e. The molecule has 0 spiro atoms. The van der Waals surface area contributed by atoms with Gasteiger partial charge in [-0.1, -0.05) is 152 Å². The van der Waals surface area contributed by atoms with Gasteiger partial charge in [0.2, 0.25) is 0 Å². The number of anilines is 3. The molecule has 0 saturated heterocycles. The van der Waals surface area contributed by atoms with Crippen LogP contribution in [0.5, 0.6) is 0 Å². The highest BCUT2D eigenvalue weighted by Gasteiger charge is 2.24. The molecule has 8 aromatic rings. The summed E-state index contributed by atoms with van der Waals surface area (Å²) in [4.78, 5) is 2.45. The summed E-state index contributed by atoms with van der Waals surface area (Å²) in [6.45, 7) is 0. The molecule has 45 heavy (non-hydrogen) atoms. The van der Waals surface area contributed by atoms with Crippen molar-refractivity contribution < 1.29 is 0 Å². The van der Waals surface area contributed by atoms with Crippen molar-refractivity contribution in [3.05, 3.63) is 176 Å². The van der Waals surface area contributed by atoms with Gasteiger partial charge in [0.15, 0.2) is 0 Å². The van der Waals surface area contributed by atoms with E-state index in [4.69, 9.17) is 0 Å². The van der Waals surface area contributed by atoms with Crippen LogP contribution in [-0.2, 0) is 0 Å². The summed E-state index contributed by atoms with van der Waals surface area (Å²) < 4.78 is 0. The molecule has 0 fully saturated rings. The first-order valence-corrected chi connectivity index (χ1v) is 15.5. The van der Waals surface area contributed by atoms with Crippen LogP contribution in [0.25, 0.3) is 66.1 Å². The maximum atomic E-state index is 2.45. The summed E-state index contributed by atoms with van der Waals surface area (Å²) in [5.74, 6) is 0. The van der Waals surface area contributed by atoms with Crippen molar-refractivity contribution in [1.29, 1.82) is 0 Å². The summed E-state index contributed by atoms with van der Waals surface area (Å²) in [5, 5.41) is 4.89. The zero-order valence-corrected chi connectivity index (χ0v) is 24.7. The number of fused-ring (bicyclic) bond motifs is 10. The lowest BCUT2D eigenvalue weighted by Crippen LogP contribution is -2.11. The SMILES string of the molecule is c1ccc2c(c1)-c1ccccc1-c1ccc(N(c3cccc4ccccc34)c3cccc4ccccc34)cc1-c1ccccc1-2. The normalized spacial score (nSPS) is 11.6. The molecular formula is C44H29N. The molecule has 9 rings (SSSR count). The van der Waals surface area contributed by atoms with Gasteiger partial charge < -0.3 is 4.90 Å². The van der Waals surface area contributed by atoms with E-state index in [9.17, 15) is 0 Å². The average Bonchev–Trinajstić information content (AvgIpc) is 3.11. The lowest BCUT2D eigenvalue weighted by molar-refractivity contribution is 1.31. The van der Waals surface area contributed by atoms with Gasteiger partial charge in [-0.25, -0.2) is 0 Å². The molecule has 0 bridgehead atoms. The van der Waals surface area contributed by atoms with Gasteiger partial charge in [0.05, 0.1) is 11.4 Å². The second-order valence-electron chi connectivity index (χ2n) is 11.7. The molecule has 0 radical (unpaired) electrons. The van der Waals surface area contributed by atoms with Gasteiger partial charge in [-0.2, -0.15) is 0 Å².